The van der Waals surface area contributed by atoms with E-state index in [9.17, 15) is 4.79 Å². The van der Waals surface area contributed by atoms with Crippen LogP contribution < -0.4 is 9.47 Å². The van der Waals surface area contributed by atoms with Crippen molar-refractivity contribution in [2.75, 3.05) is 0 Å². The van der Waals surface area contributed by atoms with Gasteiger partial charge in [0.2, 0.25) is 0 Å². The monoisotopic (exact) mass is 594 g/mol. The number of hydrogen-bond donors (Lipinski definition) is 0. The van der Waals surface area contributed by atoms with Gasteiger partial charge in [0.05, 0.1) is 0 Å². The molecule has 3 heteroatoms. The van der Waals surface area contributed by atoms with Crippen molar-refractivity contribution in [2.45, 2.75) is 13.8 Å². The highest BCUT2D eigenvalue weighted by Gasteiger charge is 2.21. The topological polar surface area (TPSA) is 35.5 Å². The van der Waals surface area contributed by atoms with Crippen molar-refractivity contribution >= 4 is 49.2 Å². The lowest BCUT2D eigenvalue weighted by molar-refractivity contribution is 0.153. The van der Waals surface area contributed by atoms with Crippen molar-refractivity contribution in [3.8, 4) is 33.8 Å². The highest BCUT2D eigenvalue weighted by Crippen LogP contribution is 2.42. The van der Waals surface area contributed by atoms with Crippen LogP contribution in [0.3, 0.4) is 0 Å². The van der Waals surface area contributed by atoms with Crippen molar-refractivity contribution in [1.29, 1.82) is 0 Å². The van der Waals surface area contributed by atoms with Crippen LogP contribution >= 0.6 is 0 Å². The highest BCUT2D eigenvalue weighted by atomic mass is 16.7. The van der Waals surface area contributed by atoms with E-state index in [0.29, 0.717) is 11.5 Å². The number of ether oxygens (including phenoxy) is 2. The molecular formula is C43H30O3. The number of hydrogen-bond acceptors (Lipinski definition) is 3. The molecule has 220 valence electrons. The Morgan fingerprint density at radius 2 is 0.783 bits per heavy atom. The molecule has 0 atom stereocenters. The SMILES string of the molecule is Cc1ccc(-c2ccc3cc4ccccc4cc3c2OC(=O)Oc2c(-c3ccc(C)cc3)ccc3cc4ccccc4cc23)cc1. The predicted molar refractivity (Wildman–Crippen MR) is 190 cm³/mol. The standard InChI is InChI=1S/C43H30O3/c1-27-11-15-29(16-12-27)37-21-19-35-23-31-7-3-5-9-33(31)25-39(35)41(37)45-43(44)46-42-38(30-17-13-28(2)14-18-30)22-20-36-24-32-8-4-6-10-34(32)26-40(36)42/h3-26H,1-2H3. The van der Waals surface area contributed by atoms with Gasteiger partial charge in [0.1, 0.15) is 11.5 Å². The molecule has 0 saturated carbocycles. The van der Waals surface area contributed by atoms with Gasteiger partial charge in [0, 0.05) is 21.9 Å². The molecule has 0 aliphatic rings. The molecule has 0 radical (unpaired) electrons. The molecule has 46 heavy (non-hydrogen) atoms. The van der Waals surface area contributed by atoms with Gasteiger partial charge in [-0.1, -0.05) is 120 Å². The quantitative estimate of drug-likeness (QED) is 0.115. The third kappa shape index (κ3) is 5.02. The van der Waals surface area contributed by atoms with Gasteiger partial charge in [-0.05, 0) is 93.7 Å². The van der Waals surface area contributed by atoms with E-state index < -0.39 is 6.16 Å². The maximum atomic E-state index is 14.0. The molecule has 0 amide bonds. The van der Waals surface area contributed by atoms with Gasteiger partial charge in [0.15, 0.2) is 0 Å². The molecule has 3 nitrogen and oxygen atoms in total. The molecule has 0 aliphatic carbocycles. The van der Waals surface area contributed by atoms with E-state index in [1.54, 1.807) is 0 Å². The second kappa shape index (κ2) is 11.2. The van der Waals surface area contributed by atoms with Crippen molar-refractivity contribution in [3.63, 3.8) is 0 Å². The first-order valence-corrected chi connectivity index (χ1v) is 15.4. The van der Waals surface area contributed by atoms with Gasteiger partial charge in [0.25, 0.3) is 0 Å². The fourth-order valence-corrected chi connectivity index (χ4v) is 6.30. The van der Waals surface area contributed by atoms with Gasteiger partial charge in [-0.25, -0.2) is 4.79 Å². The summed E-state index contributed by atoms with van der Waals surface area (Å²) in [6.45, 7) is 4.12. The average Bonchev–Trinajstić information content (AvgIpc) is 3.08. The average molecular weight is 595 g/mol. The van der Waals surface area contributed by atoms with Crippen molar-refractivity contribution < 1.29 is 14.3 Å². The molecule has 0 saturated heterocycles. The Labute approximate surface area is 267 Å². The normalized spacial score (nSPS) is 11.3. The lowest BCUT2D eigenvalue weighted by Crippen LogP contribution is -2.15. The Bertz CT molecular complexity index is 2270. The summed E-state index contributed by atoms with van der Waals surface area (Å²) in [5.41, 5.74) is 5.87. The first-order chi connectivity index (χ1) is 22.5. The van der Waals surface area contributed by atoms with E-state index >= 15 is 0 Å². The van der Waals surface area contributed by atoms with Gasteiger partial charge < -0.3 is 9.47 Å². The summed E-state index contributed by atoms with van der Waals surface area (Å²) >= 11 is 0. The fourth-order valence-electron chi connectivity index (χ4n) is 6.30. The van der Waals surface area contributed by atoms with Crippen LogP contribution in [0.1, 0.15) is 11.1 Å². The molecule has 0 aliphatic heterocycles. The minimum atomic E-state index is -0.789. The maximum absolute atomic E-state index is 14.0. The lowest BCUT2D eigenvalue weighted by Gasteiger charge is -2.17. The summed E-state index contributed by atoms with van der Waals surface area (Å²) < 4.78 is 12.6. The highest BCUT2D eigenvalue weighted by molar-refractivity contribution is 6.06. The largest absolute Gasteiger partial charge is 0.519 e. The first-order valence-electron chi connectivity index (χ1n) is 15.4. The third-order valence-corrected chi connectivity index (χ3v) is 8.77. The fraction of sp³-hybridized carbons (Fsp3) is 0.0465. The summed E-state index contributed by atoms with van der Waals surface area (Å²) in [6, 6.07) is 49.6. The zero-order valence-electron chi connectivity index (χ0n) is 25.6. The number of carbonyl (C=O) groups excluding carboxylic acids is 1. The van der Waals surface area contributed by atoms with Gasteiger partial charge in [-0.15, -0.1) is 0 Å². The van der Waals surface area contributed by atoms with Gasteiger partial charge in [-0.2, -0.15) is 0 Å². The summed E-state index contributed by atoms with van der Waals surface area (Å²) in [4.78, 5) is 14.0. The van der Waals surface area contributed by atoms with Crippen LogP contribution in [0, 0.1) is 13.8 Å². The number of rotatable bonds is 4. The summed E-state index contributed by atoms with van der Waals surface area (Å²) in [7, 11) is 0. The van der Waals surface area contributed by atoms with Crippen LogP contribution in [0.25, 0.3) is 65.3 Å². The number of aryl methyl sites for hydroxylation is 2. The van der Waals surface area contributed by atoms with E-state index in [4.69, 9.17) is 9.47 Å². The molecule has 0 bridgehead atoms. The van der Waals surface area contributed by atoms with Crippen LogP contribution in [0.2, 0.25) is 0 Å². The first kappa shape index (κ1) is 27.6. The molecule has 0 aromatic heterocycles. The van der Waals surface area contributed by atoms with Crippen LogP contribution in [-0.2, 0) is 0 Å². The Morgan fingerprint density at radius 3 is 1.17 bits per heavy atom. The molecule has 8 rings (SSSR count). The van der Waals surface area contributed by atoms with Crippen LogP contribution in [0.5, 0.6) is 11.5 Å². The van der Waals surface area contributed by atoms with E-state index in [1.807, 2.05) is 36.4 Å². The number of carbonyl (C=O) groups is 1. The Balaban J connectivity index is 1.28. The summed E-state index contributed by atoms with van der Waals surface area (Å²) in [5.74, 6) is 0.944. The zero-order valence-corrected chi connectivity index (χ0v) is 25.6. The smallest absolute Gasteiger partial charge is 0.393 e. The van der Waals surface area contributed by atoms with E-state index in [-0.39, 0.29) is 0 Å². The molecule has 0 unspecified atom stereocenters. The van der Waals surface area contributed by atoms with E-state index in [0.717, 1.165) is 76.5 Å². The molecule has 0 fully saturated rings. The van der Waals surface area contributed by atoms with Gasteiger partial charge in [-0.3, -0.25) is 0 Å². The van der Waals surface area contributed by atoms with Crippen molar-refractivity contribution in [2.24, 2.45) is 0 Å². The van der Waals surface area contributed by atoms with Crippen molar-refractivity contribution in [3.05, 3.63) is 157 Å². The molecule has 0 N–H and O–H groups in total. The minimum absolute atomic E-state index is 0.472. The van der Waals surface area contributed by atoms with Crippen LogP contribution in [0.4, 0.5) is 4.79 Å². The maximum Gasteiger partial charge on any atom is 0.519 e. The zero-order chi connectivity index (χ0) is 31.2. The Morgan fingerprint density at radius 1 is 0.413 bits per heavy atom. The molecule has 8 aromatic carbocycles. The Hall–Kier alpha value is -5.93. The third-order valence-electron chi connectivity index (χ3n) is 8.77. The van der Waals surface area contributed by atoms with E-state index in [1.165, 1.54) is 0 Å². The number of fused-ring (bicyclic) bond motifs is 4. The van der Waals surface area contributed by atoms with Crippen molar-refractivity contribution in [1.82, 2.24) is 0 Å². The predicted octanol–water partition coefficient (Wildman–Crippen LogP) is 11.8. The lowest BCUT2D eigenvalue weighted by atomic mass is 9.96. The second-order valence-electron chi connectivity index (χ2n) is 11.9. The minimum Gasteiger partial charge on any atom is -0.393 e. The summed E-state index contributed by atoms with van der Waals surface area (Å²) in [6.07, 6.45) is -0.789. The molecule has 0 spiro atoms. The molecule has 8 aromatic rings. The van der Waals surface area contributed by atoms with Crippen LogP contribution in [-0.4, -0.2) is 6.16 Å². The number of benzene rings is 8. The summed E-state index contributed by atoms with van der Waals surface area (Å²) in [5, 5.41) is 8.03. The van der Waals surface area contributed by atoms with E-state index in [2.05, 4.69) is 123 Å². The molecule has 0 heterocycles. The van der Waals surface area contributed by atoms with Gasteiger partial charge >= 0.3 is 6.16 Å². The van der Waals surface area contributed by atoms with Crippen LogP contribution in [0.15, 0.2) is 146 Å². The second-order valence-corrected chi connectivity index (χ2v) is 11.9. The Kier molecular flexibility index (Phi) is 6.73. The molecular weight excluding hydrogens is 564 g/mol.